The standard InChI is InChI=1S/C30H50N2O4.C15H22N2O3.CH2Cl2/c1-2-3-4-5-6-7-8-9-10-11-12-13-16-29(33)31-26(24-32-19-14-15-20-32)30(34)25-17-18-27-28(23-25)36-22-21-35-27;16-12(10-17-5-1-2-6-17)15(18)11-3-4-13-14(9-11)20-8-7-19-13;2-1-3/h17-18,23,26,30,34H,2-16,19-22,24H2,1H3,(H,31,33);3-4,9,12,15,18H,1-2,5-8,10,16H2;1H2/t26-,30-;12-,15-;/m11./s1. The number of aliphatic hydroxyl groups excluding tert-OH is 2. The molecule has 4 heterocycles. The van der Waals surface area contributed by atoms with E-state index in [1.54, 1.807) is 0 Å². The van der Waals surface area contributed by atoms with Crippen LogP contribution in [0, 0.1) is 0 Å². The third kappa shape index (κ3) is 18.2. The lowest BCUT2D eigenvalue weighted by Gasteiger charge is -2.29. The number of carbonyl (C=O) groups is 1. The van der Waals surface area contributed by atoms with Gasteiger partial charge in [-0.3, -0.25) is 4.79 Å². The fraction of sp³-hybridized carbons (Fsp3) is 0.717. The third-order valence-corrected chi connectivity index (χ3v) is 11.5. The zero-order valence-corrected chi connectivity index (χ0v) is 37.2. The number of hydrogen-bond donors (Lipinski definition) is 4. The summed E-state index contributed by atoms with van der Waals surface area (Å²) in [6, 6.07) is 10.5. The van der Waals surface area contributed by atoms with Crippen molar-refractivity contribution in [1.29, 1.82) is 0 Å². The van der Waals surface area contributed by atoms with Gasteiger partial charge in [0, 0.05) is 25.6 Å². The summed E-state index contributed by atoms with van der Waals surface area (Å²) in [6.45, 7) is 10.1. The van der Waals surface area contributed by atoms with Crippen molar-refractivity contribution < 1.29 is 34.0 Å². The molecule has 6 rings (SSSR count). The maximum absolute atomic E-state index is 12.8. The fourth-order valence-corrected chi connectivity index (χ4v) is 8.20. The van der Waals surface area contributed by atoms with E-state index in [2.05, 4.69) is 22.0 Å². The molecule has 4 atom stereocenters. The van der Waals surface area contributed by atoms with Gasteiger partial charge in [0.15, 0.2) is 23.0 Å². The number of rotatable bonds is 22. The molecule has 13 heteroatoms. The topological polar surface area (TPSA) is 139 Å². The first-order valence-corrected chi connectivity index (χ1v) is 23.7. The molecule has 1 amide bonds. The second-order valence-electron chi connectivity index (χ2n) is 16.3. The van der Waals surface area contributed by atoms with Gasteiger partial charge in [-0.15, -0.1) is 23.2 Å². The molecule has 0 radical (unpaired) electrons. The summed E-state index contributed by atoms with van der Waals surface area (Å²) in [4.78, 5) is 17.4. The minimum Gasteiger partial charge on any atom is -0.486 e. The number of fused-ring (bicyclic) bond motifs is 2. The molecule has 4 aliphatic rings. The number of benzene rings is 2. The Morgan fingerprint density at radius 3 is 1.53 bits per heavy atom. The highest BCUT2D eigenvalue weighted by Crippen LogP contribution is 2.35. The Labute approximate surface area is 364 Å². The summed E-state index contributed by atoms with van der Waals surface area (Å²) < 4.78 is 22.3. The van der Waals surface area contributed by atoms with E-state index < -0.39 is 12.2 Å². The molecule has 0 bridgehead atoms. The van der Waals surface area contributed by atoms with E-state index in [0.29, 0.717) is 56.6 Å². The van der Waals surface area contributed by atoms with Gasteiger partial charge in [0.25, 0.3) is 0 Å². The van der Waals surface area contributed by atoms with Crippen molar-refractivity contribution in [3.05, 3.63) is 47.5 Å². The molecule has 59 heavy (non-hydrogen) atoms. The zero-order valence-electron chi connectivity index (χ0n) is 35.7. The summed E-state index contributed by atoms with van der Waals surface area (Å²) in [5, 5.41) is 25.0. The van der Waals surface area contributed by atoms with Crippen molar-refractivity contribution >= 4 is 29.1 Å². The van der Waals surface area contributed by atoms with Gasteiger partial charge in [0.05, 0.1) is 17.5 Å². The lowest BCUT2D eigenvalue weighted by Crippen LogP contribution is -2.46. The molecular weight excluding hydrogens is 791 g/mol. The third-order valence-electron chi connectivity index (χ3n) is 11.5. The molecule has 0 spiro atoms. The lowest BCUT2D eigenvalue weighted by atomic mass is 10.0. The van der Waals surface area contributed by atoms with E-state index in [0.717, 1.165) is 62.4 Å². The predicted molar refractivity (Wildman–Crippen MR) is 238 cm³/mol. The van der Waals surface area contributed by atoms with E-state index in [-0.39, 0.29) is 23.3 Å². The Bertz CT molecular complexity index is 1450. The number of unbranched alkanes of at least 4 members (excludes halogenated alkanes) is 11. The predicted octanol–water partition coefficient (Wildman–Crippen LogP) is 8.50. The van der Waals surface area contributed by atoms with E-state index in [1.165, 1.54) is 89.9 Å². The Kier molecular flexibility index (Phi) is 24.1. The number of amides is 1. The molecule has 11 nitrogen and oxygen atoms in total. The molecule has 2 saturated heterocycles. The van der Waals surface area contributed by atoms with Crippen LogP contribution in [0.2, 0.25) is 0 Å². The molecule has 2 fully saturated rings. The summed E-state index contributed by atoms with van der Waals surface area (Å²) in [5.74, 6) is 2.86. The van der Waals surface area contributed by atoms with Gasteiger partial charge in [-0.2, -0.15) is 0 Å². The molecule has 2 aromatic carbocycles. The monoisotopic (exact) mass is 864 g/mol. The second-order valence-corrected chi connectivity index (χ2v) is 17.1. The average molecular weight is 866 g/mol. The molecule has 4 aliphatic heterocycles. The molecule has 5 N–H and O–H groups in total. The normalized spacial score (nSPS) is 18.1. The summed E-state index contributed by atoms with van der Waals surface area (Å²) >= 11 is 9.53. The van der Waals surface area contributed by atoms with Crippen LogP contribution >= 0.6 is 23.2 Å². The van der Waals surface area contributed by atoms with Gasteiger partial charge in [0.2, 0.25) is 5.91 Å². The molecule has 0 unspecified atom stereocenters. The van der Waals surface area contributed by atoms with E-state index in [4.69, 9.17) is 47.9 Å². The van der Waals surface area contributed by atoms with Gasteiger partial charge in [-0.1, -0.05) is 89.7 Å². The molecule has 0 aliphatic carbocycles. The van der Waals surface area contributed by atoms with Crippen molar-refractivity contribution in [1.82, 2.24) is 15.1 Å². The zero-order chi connectivity index (χ0) is 42.1. The highest BCUT2D eigenvalue weighted by Gasteiger charge is 2.28. The van der Waals surface area contributed by atoms with E-state index in [1.807, 2.05) is 36.4 Å². The summed E-state index contributed by atoms with van der Waals surface area (Å²) in [7, 11) is 0. The van der Waals surface area contributed by atoms with Crippen LogP contribution < -0.4 is 30.0 Å². The second kappa shape index (κ2) is 28.9. The van der Waals surface area contributed by atoms with Crippen molar-refractivity contribution in [3.8, 4) is 23.0 Å². The minimum atomic E-state index is -0.785. The smallest absolute Gasteiger partial charge is 0.220 e. The Morgan fingerprint density at radius 2 is 1.05 bits per heavy atom. The maximum atomic E-state index is 12.8. The first-order valence-electron chi connectivity index (χ1n) is 22.6. The van der Waals surface area contributed by atoms with Crippen molar-refractivity contribution in [2.24, 2.45) is 5.73 Å². The fourth-order valence-electron chi connectivity index (χ4n) is 8.20. The number of aliphatic hydroxyl groups is 2. The number of nitrogens with zero attached hydrogens (tertiary/aromatic N) is 2. The highest BCUT2D eigenvalue weighted by atomic mass is 35.5. The Hall–Kier alpha value is -2.51. The SMILES string of the molecule is CCCCCCCCCCCCCCC(=O)N[C@H](CN1CCCC1)[C@H](O)c1ccc2c(c1)OCCO2.ClCCl.N[C@H](CN1CCCC1)[C@H](O)c1ccc2c(c1)OCCO2. The van der Waals surface area contributed by atoms with Crippen LogP contribution in [0.4, 0.5) is 0 Å². The number of carbonyl (C=O) groups excluding carboxylic acids is 1. The number of nitrogens with one attached hydrogen (secondary N) is 1. The van der Waals surface area contributed by atoms with Gasteiger partial charge in [-0.05, 0) is 93.7 Å². The quantitative estimate of drug-likeness (QED) is 0.0674. The van der Waals surface area contributed by atoms with E-state index >= 15 is 0 Å². The summed E-state index contributed by atoms with van der Waals surface area (Å²) in [5.41, 5.74) is 7.69. The van der Waals surface area contributed by atoms with Gasteiger partial charge in [-0.25, -0.2) is 0 Å². The first-order chi connectivity index (χ1) is 28.8. The van der Waals surface area contributed by atoms with Crippen LogP contribution in [0.3, 0.4) is 0 Å². The number of alkyl halides is 2. The van der Waals surface area contributed by atoms with Crippen molar-refractivity contribution in [3.63, 3.8) is 0 Å². The molecular formula is C46H74Cl2N4O7. The molecule has 0 aromatic heterocycles. The minimum absolute atomic E-state index is 0.0443. The van der Waals surface area contributed by atoms with Crippen LogP contribution in [-0.2, 0) is 4.79 Å². The Balaban J connectivity index is 0.000000279. The number of halogens is 2. The highest BCUT2D eigenvalue weighted by molar-refractivity contribution is 6.40. The number of hydrogen-bond acceptors (Lipinski definition) is 10. The Morgan fingerprint density at radius 1 is 0.644 bits per heavy atom. The maximum Gasteiger partial charge on any atom is 0.220 e. The lowest BCUT2D eigenvalue weighted by molar-refractivity contribution is -0.123. The largest absolute Gasteiger partial charge is 0.486 e. The van der Waals surface area contributed by atoms with Crippen molar-refractivity contribution in [2.45, 2.75) is 140 Å². The van der Waals surface area contributed by atoms with Gasteiger partial charge in [0.1, 0.15) is 32.5 Å². The van der Waals surface area contributed by atoms with Gasteiger partial charge >= 0.3 is 0 Å². The van der Waals surface area contributed by atoms with Crippen LogP contribution in [0.25, 0.3) is 0 Å². The van der Waals surface area contributed by atoms with E-state index in [9.17, 15) is 15.0 Å². The molecule has 334 valence electrons. The van der Waals surface area contributed by atoms with Crippen LogP contribution in [0.15, 0.2) is 36.4 Å². The average Bonchev–Trinajstić information content (AvgIpc) is 3.98. The number of ether oxygens (including phenoxy) is 4. The number of likely N-dealkylation sites (tertiary alicyclic amines) is 2. The summed E-state index contributed by atoms with van der Waals surface area (Å²) in [6.07, 6.45) is 19.3. The van der Waals surface area contributed by atoms with Crippen LogP contribution in [-0.4, -0.2) is 109 Å². The number of nitrogens with two attached hydrogens (primary N) is 1. The molecule has 0 saturated carbocycles. The first kappa shape index (κ1) is 49.1. The van der Waals surface area contributed by atoms with Crippen LogP contribution in [0.5, 0.6) is 23.0 Å². The van der Waals surface area contributed by atoms with Crippen molar-refractivity contribution in [2.75, 3.05) is 71.0 Å². The van der Waals surface area contributed by atoms with Gasteiger partial charge < -0.3 is 50.0 Å². The van der Waals surface area contributed by atoms with Crippen LogP contribution in [0.1, 0.15) is 139 Å². The molecule has 2 aromatic rings.